The molecule has 0 aliphatic heterocycles. The molecule has 0 aliphatic rings. The van der Waals surface area contributed by atoms with Crippen molar-refractivity contribution in [2.75, 3.05) is 13.7 Å². The molecular weight excluding hydrogens is 180 g/mol. The zero-order chi connectivity index (χ0) is 10.4. The van der Waals surface area contributed by atoms with E-state index in [4.69, 9.17) is 4.74 Å². The smallest absolute Gasteiger partial charge is 0.246 e. The van der Waals surface area contributed by atoms with Crippen LogP contribution in [0.15, 0.2) is 24.5 Å². The van der Waals surface area contributed by atoms with Crippen LogP contribution in [0, 0.1) is 0 Å². The molecule has 0 aliphatic carbocycles. The Morgan fingerprint density at radius 3 is 3.07 bits per heavy atom. The summed E-state index contributed by atoms with van der Waals surface area (Å²) in [5.74, 6) is -0.121. The van der Waals surface area contributed by atoms with Crippen molar-refractivity contribution in [3.05, 3.63) is 30.1 Å². The maximum atomic E-state index is 11.2. The molecule has 0 fully saturated rings. The minimum Gasteiger partial charge on any atom is -0.375 e. The van der Waals surface area contributed by atoms with E-state index in [-0.39, 0.29) is 18.6 Å². The Morgan fingerprint density at radius 1 is 1.71 bits per heavy atom. The average molecular weight is 194 g/mol. The van der Waals surface area contributed by atoms with E-state index < -0.39 is 0 Å². The molecule has 1 atom stereocenters. The van der Waals surface area contributed by atoms with Crippen LogP contribution in [-0.4, -0.2) is 24.6 Å². The van der Waals surface area contributed by atoms with Crippen molar-refractivity contribution in [3.63, 3.8) is 0 Å². The van der Waals surface area contributed by atoms with Gasteiger partial charge in [-0.3, -0.25) is 9.78 Å². The Hall–Kier alpha value is -1.42. The van der Waals surface area contributed by atoms with E-state index in [9.17, 15) is 4.79 Å². The summed E-state index contributed by atoms with van der Waals surface area (Å²) in [6, 6.07) is 3.73. The molecule has 0 unspecified atom stereocenters. The minimum atomic E-state index is -0.121. The number of aromatic nitrogens is 1. The minimum absolute atomic E-state index is 0.0358. The molecule has 0 bridgehead atoms. The van der Waals surface area contributed by atoms with Crippen LogP contribution in [0.25, 0.3) is 0 Å². The Morgan fingerprint density at radius 2 is 2.50 bits per heavy atom. The van der Waals surface area contributed by atoms with Gasteiger partial charge in [0, 0.05) is 19.5 Å². The van der Waals surface area contributed by atoms with Crippen molar-refractivity contribution in [2.24, 2.45) is 0 Å². The number of nitrogens with one attached hydrogen (secondary N) is 1. The first-order chi connectivity index (χ1) is 6.74. The SMILES string of the molecule is COCC(=O)N[C@@H](C)c1cccnc1. The van der Waals surface area contributed by atoms with Crippen molar-refractivity contribution in [1.29, 1.82) is 0 Å². The number of hydrogen-bond donors (Lipinski definition) is 1. The molecule has 1 N–H and O–H groups in total. The van der Waals surface area contributed by atoms with E-state index in [1.54, 1.807) is 12.4 Å². The van der Waals surface area contributed by atoms with E-state index in [0.717, 1.165) is 5.56 Å². The molecule has 4 nitrogen and oxygen atoms in total. The average Bonchev–Trinajstić information content (AvgIpc) is 2.19. The standard InChI is InChI=1S/C10H14N2O2/c1-8(12-10(13)7-14-2)9-4-3-5-11-6-9/h3-6,8H,7H2,1-2H3,(H,12,13)/t8-/m0/s1. The summed E-state index contributed by atoms with van der Waals surface area (Å²) in [5, 5.41) is 2.79. The molecule has 0 radical (unpaired) electrons. The van der Waals surface area contributed by atoms with Gasteiger partial charge in [0.25, 0.3) is 0 Å². The van der Waals surface area contributed by atoms with E-state index in [2.05, 4.69) is 10.3 Å². The van der Waals surface area contributed by atoms with Crippen molar-refractivity contribution >= 4 is 5.91 Å². The second kappa shape index (κ2) is 5.34. The van der Waals surface area contributed by atoms with Gasteiger partial charge in [-0.25, -0.2) is 0 Å². The maximum Gasteiger partial charge on any atom is 0.246 e. The molecule has 0 saturated heterocycles. The highest BCUT2D eigenvalue weighted by atomic mass is 16.5. The van der Waals surface area contributed by atoms with Crippen LogP contribution >= 0.6 is 0 Å². The highest BCUT2D eigenvalue weighted by Gasteiger charge is 2.08. The molecule has 1 rings (SSSR count). The predicted molar refractivity (Wildman–Crippen MR) is 52.7 cm³/mol. The highest BCUT2D eigenvalue weighted by Crippen LogP contribution is 2.08. The molecule has 0 aromatic carbocycles. The van der Waals surface area contributed by atoms with Gasteiger partial charge in [-0.15, -0.1) is 0 Å². The molecule has 1 aromatic rings. The number of carbonyl (C=O) groups excluding carboxylic acids is 1. The third-order valence-electron chi connectivity index (χ3n) is 1.84. The van der Waals surface area contributed by atoms with Crippen LogP contribution in [0.4, 0.5) is 0 Å². The molecule has 1 amide bonds. The molecular formula is C10H14N2O2. The van der Waals surface area contributed by atoms with Gasteiger partial charge in [0.05, 0.1) is 6.04 Å². The van der Waals surface area contributed by atoms with Crippen molar-refractivity contribution in [1.82, 2.24) is 10.3 Å². The molecule has 0 spiro atoms. The number of rotatable bonds is 4. The number of ether oxygens (including phenoxy) is 1. The monoisotopic (exact) mass is 194 g/mol. The van der Waals surface area contributed by atoms with Crippen molar-refractivity contribution in [2.45, 2.75) is 13.0 Å². The summed E-state index contributed by atoms with van der Waals surface area (Å²) in [7, 11) is 1.49. The lowest BCUT2D eigenvalue weighted by atomic mass is 10.1. The predicted octanol–water partition coefficient (Wildman–Crippen LogP) is 0.905. The Labute approximate surface area is 83.3 Å². The maximum absolute atomic E-state index is 11.2. The Balaban J connectivity index is 2.50. The third-order valence-corrected chi connectivity index (χ3v) is 1.84. The summed E-state index contributed by atoms with van der Waals surface area (Å²) in [6.07, 6.45) is 3.44. The van der Waals surface area contributed by atoms with Crippen LogP contribution < -0.4 is 5.32 Å². The third kappa shape index (κ3) is 3.14. The van der Waals surface area contributed by atoms with Gasteiger partial charge >= 0.3 is 0 Å². The van der Waals surface area contributed by atoms with E-state index in [1.807, 2.05) is 19.1 Å². The molecule has 1 heterocycles. The fraction of sp³-hybridized carbons (Fsp3) is 0.400. The number of amides is 1. The zero-order valence-corrected chi connectivity index (χ0v) is 8.36. The molecule has 0 saturated carbocycles. The largest absolute Gasteiger partial charge is 0.375 e. The van der Waals surface area contributed by atoms with Crippen LogP contribution in [0.3, 0.4) is 0 Å². The van der Waals surface area contributed by atoms with Crippen molar-refractivity contribution in [3.8, 4) is 0 Å². The van der Waals surface area contributed by atoms with E-state index in [1.165, 1.54) is 7.11 Å². The Kier molecular flexibility index (Phi) is 4.07. The molecule has 76 valence electrons. The van der Waals surface area contributed by atoms with Gasteiger partial charge in [-0.1, -0.05) is 6.07 Å². The highest BCUT2D eigenvalue weighted by molar-refractivity contribution is 5.77. The van der Waals surface area contributed by atoms with Gasteiger partial charge < -0.3 is 10.1 Å². The lowest BCUT2D eigenvalue weighted by Crippen LogP contribution is -2.29. The normalized spacial score (nSPS) is 12.1. The lowest BCUT2D eigenvalue weighted by Gasteiger charge is -2.13. The van der Waals surface area contributed by atoms with Gasteiger partial charge in [0.15, 0.2) is 0 Å². The van der Waals surface area contributed by atoms with Gasteiger partial charge in [-0.05, 0) is 18.6 Å². The van der Waals surface area contributed by atoms with Crippen LogP contribution in [0.2, 0.25) is 0 Å². The number of nitrogens with zero attached hydrogens (tertiary/aromatic N) is 1. The van der Waals surface area contributed by atoms with Crippen molar-refractivity contribution < 1.29 is 9.53 Å². The number of methoxy groups -OCH3 is 1. The topological polar surface area (TPSA) is 51.2 Å². The summed E-state index contributed by atoms with van der Waals surface area (Å²) in [6.45, 7) is 2.00. The first-order valence-corrected chi connectivity index (χ1v) is 4.42. The molecule has 14 heavy (non-hydrogen) atoms. The van der Waals surface area contributed by atoms with Crippen LogP contribution in [-0.2, 0) is 9.53 Å². The molecule has 4 heteroatoms. The van der Waals surface area contributed by atoms with Gasteiger partial charge in [0.1, 0.15) is 6.61 Å². The second-order valence-corrected chi connectivity index (χ2v) is 3.01. The summed E-state index contributed by atoms with van der Waals surface area (Å²) in [5.41, 5.74) is 0.983. The number of carbonyl (C=O) groups is 1. The Bertz CT molecular complexity index is 287. The van der Waals surface area contributed by atoms with E-state index in [0.29, 0.717) is 0 Å². The first-order valence-electron chi connectivity index (χ1n) is 4.42. The summed E-state index contributed by atoms with van der Waals surface area (Å²) in [4.78, 5) is 15.1. The fourth-order valence-electron chi connectivity index (χ4n) is 1.13. The van der Waals surface area contributed by atoms with Crippen LogP contribution in [0.5, 0.6) is 0 Å². The second-order valence-electron chi connectivity index (χ2n) is 3.01. The fourth-order valence-corrected chi connectivity index (χ4v) is 1.13. The van der Waals surface area contributed by atoms with Gasteiger partial charge in [0.2, 0.25) is 5.91 Å². The zero-order valence-electron chi connectivity index (χ0n) is 8.36. The first kappa shape index (κ1) is 10.7. The summed E-state index contributed by atoms with van der Waals surface area (Å²) < 4.78 is 4.71. The van der Waals surface area contributed by atoms with Gasteiger partial charge in [-0.2, -0.15) is 0 Å². The number of pyridine rings is 1. The molecule has 1 aromatic heterocycles. The van der Waals surface area contributed by atoms with E-state index >= 15 is 0 Å². The summed E-state index contributed by atoms with van der Waals surface area (Å²) >= 11 is 0. The van der Waals surface area contributed by atoms with Crippen LogP contribution in [0.1, 0.15) is 18.5 Å². The quantitative estimate of drug-likeness (QED) is 0.775. The lowest BCUT2D eigenvalue weighted by molar-refractivity contribution is -0.125. The number of hydrogen-bond acceptors (Lipinski definition) is 3.